The van der Waals surface area contributed by atoms with E-state index in [1.54, 1.807) is 12.3 Å². The predicted molar refractivity (Wildman–Crippen MR) is 231 cm³/mol. The number of amidine groups is 1. The maximum absolute atomic E-state index is 12.9. The average molecular weight is 769 g/mol. The number of likely N-dealkylation sites (N-methyl/N-ethyl adjacent to an activating group) is 1. The molecule has 4 atom stereocenters. The molecular formula is C46H75F3N6. The van der Waals surface area contributed by atoms with Gasteiger partial charge in [-0.05, 0) is 123 Å². The number of aliphatic imine (C=N–C) groups is 2. The van der Waals surface area contributed by atoms with E-state index in [2.05, 4.69) is 113 Å². The smallest absolute Gasteiger partial charge is 0.361 e. The maximum Gasteiger partial charge on any atom is 0.394 e. The van der Waals surface area contributed by atoms with E-state index in [0.717, 1.165) is 95.1 Å². The molecule has 6 nitrogen and oxygen atoms in total. The van der Waals surface area contributed by atoms with Crippen molar-refractivity contribution in [1.29, 1.82) is 5.26 Å². The third kappa shape index (κ3) is 19.8. The van der Waals surface area contributed by atoms with Crippen LogP contribution in [-0.2, 0) is 0 Å². The second-order valence-corrected chi connectivity index (χ2v) is 16.0. The van der Waals surface area contributed by atoms with E-state index in [1.807, 2.05) is 32.1 Å². The third-order valence-electron chi connectivity index (χ3n) is 10.8. The number of alkyl halides is 3. The number of hydrogen-bond donors (Lipinski definition) is 0. The zero-order chi connectivity index (χ0) is 41.5. The van der Waals surface area contributed by atoms with Crippen molar-refractivity contribution in [3.05, 3.63) is 59.4 Å². The van der Waals surface area contributed by atoms with Gasteiger partial charge in [0.15, 0.2) is 0 Å². The SMILES string of the molecule is C/C=N\N(C)C(C)/C=C\C/C(=C\CC)CC/C(=N\C(C)(C=CCCCC(C)(C)CCC1=C\CC/C=C(CC(F)(F)F)/N=C\1)C(CC)C(C)C#N)N(CC)CC. The highest BCUT2D eigenvalue weighted by Gasteiger charge is 2.35. The first-order valence-corrected chi connectivity index (χ1v) is 20.9. The molecule has 0 aliphatic carbocycles. The molecule has 1 aliphatic rings. The molecule has 0 amide bonds. The summed E-state index contributed by atoms with van der Waals surface area (Å²) in [5.41, 5.74) is 2.08. The molecule has 310 valence electrons. The number of rotatable bonds is 24. The van der Waals surface area contributed by atoms with Gasteiger partial charge in [0.25, 0.3) is 0 Å². The lowest BCUT2D eigenvalue weighted by Crippen LogP contribution is -2.39. The second kappa shape index (κ2) is 25.7. The number of hydrogen-bond acceptors (Lipinski definition) is 5. The molecule has 0 bridgehead atoms. The van der Waals surface area contributed by atoms with Gasteiger partial charge in [-0.1, -0.05) is 75.8 Å². The van der Waals surface area contributed by atoms with Crippen LogP contribution in [-0.4, -0.2) is 66.1 Å². The first kappa shape index (κ1) is 49.6. The molecule has 1 heterocycles. The highest BCUT2D eigenvalue weighted by Crippen LogP contribution is 2.35. The minimum Gasteiger partial charge on any atom is -0.361 e. The summed E-state index contributed by atoms with van der Waals surface area (Å²) in [6.45, 7) is 23.3. The molecule has 0 aromatic carbocycles. The molecule has 0 spiro atoms. The first-order chi connectivity index (χ1) is 26.0. The van der Waals surface area contributed by atoms with Crippen LogP contribution in [0.2, 0.25) is 0 Å². The molecular weight excluding hydrogens is 694 g/mol. The van der Waals surface area contributed by atoms with Gasteiger partial charge in [0.1, 0.15) is 5.84 Å². The Balaban J connectivity index is 3.16. The summed E-state index contributed by atoms with van der Waals surface area (Å²) in [6.07, 6.45) is 23.8. The van der Waals surface area contributed by atoms with Gasteiger partial charge in [-0.3, -0.25) is 15.0 Å². The van der Waals surface area contributed by atoms with E-state index in [0.29, 0.717) is 6.42 Å². The Morgan fingerprint density at radius 3 is 2.31 bits per heavy atom. The Bertz CT molecular complexity index is 1400. The van der Waals surface area contributed by atoms with Gasteiger partial charge in [-0.2, -0.15) is 23.5 Å². The standard InChI is InChI=1S/C46H75F3N6/c1-12-23-39(26-22-24-38(7)54(11)52-14-3)28-29-43(55(15-4)16-5)53-45(10,42(13-2)37(6)35-50)32-21-17-20-31-44(8,9)33-30-40-25-18-19-27-41(51-36-40)34-46(47,48)49/h14,21-25,27,32,36-38,42H,12-13,15-20,26,28-31,33-34H2,1-11H3/b24-22-,32-21?,39-23+,40-25+,41-27+,51-36-,52-14-,53-43+. The molecule has 0 aromatic heterocycles. The fourth-order valence-electron chi connectivity index (χ4n) is 7.34. The number of nitrogens with zero attached hydrogens (tertiary/aromatic N) is 6. The van der Waals surface area contributed by atoms with Gasteiger partial charge in [-0.25, -0.2) is 0 Å². The van der Waals surface area contributed by atoms with E-state index in [1.165, 1.54) is 5.57 Å². The summed E-state index contributed by atoms with van der Waals surface area (Å²) in [6, 6.07) is 2.75. The van der Waals surface area contributed by atoms with E-state index in [4.69, 9.17) is 4.99 Å². The lowest BCUT2D eigenvalue weighted by Gasteiger charge is -2.36. The molecule has 1 aliphatic heterocycles. The number of halogens is 3. The maximum atomic E-state index is 12.9. The summed E-state index contributed by atoms with van der Waals surface area (Å²) < 4.78 is 38.8. The van der Waals surface area contributed by atoms with Crippen molar-refractivity contribution in [2.24, 2.45) is 32.3 Å². The molecule has 0 radical (unpaired) electrons. The van der Waals surface area contributed by atoms with Gasteiger partial charge < -0.3 is 4.90 Å². The van der Waals surface area contributed by atoms with Crippen LogP contribution in [0, 0.1) is 28.6 Å². The molecule has 0 saturated carbocycles. The predicted octanol–water partition coefficient (Wildman–Crippen LogP) is 13.2. The molecule has 4 unspecified atom stereocenters. The topological polar surface area (TPSA) is 67.3 Å². The highest BCUT2D eigenvalue weighted by molar-refractivity contribution is 5.83. The molecule has 0 saturated heterocycles. The fourth-order valence-corrected chi connectivity index (χ4v) is 7.34. The summed E-state index contributed by atoms with van der Waals surface area (Å²) >= 11 is 0. The van der Waals surface area contributed by atoms with Gasteiger partial charge in [0, 0.05) is 56.5 Å². The minimum absolute atomic E-state index is 0.0683. The van der Waals surface area contributed by atoms with Crippen LogP contribution in [0.1, 0.15) is 153 Å². The zero-order valence-corrected chi connectivity index (χ0v) is 36.4. The van der Waals surface area contributed by atoms with Gasteiger partial charge in [0.05, 0.1) is 24.1 Å². The van der Waals surface area contributed by atoms with Crippen LogP contribution in [0.3, 0.4) is 0 Å². The van der Waals surface area contributed by atoms with Gasteiger partial charge >= 0.3 is 6.18 Å². The van der Waals surface area contributed by atoms with Crippen LogP contribution in [0.4, 0.5) is 13.2 Å². The van der Waals surface area contributed by atoms with Crippen LogP contribution in [0.25, 0.3) is 0 Å². The van der Waals surface area contributed by atoms with Gasteiger partial charge in [0.2, 0.25) is 0 Å². The second-order valence-electron chi connectivity index (χ2n) is 16.0. The van der Waals surface area contributed by atoms with Crippen LogP contribution >= 0.6 is 0 Å². The Hall–Kier alpha value is -3.41. The number of unbranched alkanes of at least 4 members (excludes halogenated alkanes) is 1. The summed E-state index contributed by atoms with van der Waals surface area (Å²) in [5, 5.41) is 16.4. The normalized spacial score (nSPS) is 20.2. The Kier molecular flexibility index (Phi) is 23.2. The van der Waals surface area contributed by atoms with Crippen molar-refractivity contribution in [2.75, 3.05) is 20.1 Å². The van der Waals surface area contributed by atoms with Crippen LogP contribution < -0.4 is 0 Å². The zero-order valence-electron chi connectivity index (χ0n) is 36.4. The molecule has 1 rings (SSSR count). The van der Waals surface area contributed by atoms with Crippen LogP contribution in [0.5, 0.6) is 0 Å². The third-order valence-corrected chi connectivity index (χ3v) is 10.8. The van der Waals surface area contributed by atoms with Crippen molar-refractivity contribution in [3.63, 3.8) is 0 Å². The number of allylic oxidation sites excluding steroid dienone is 8. The highest BCUT2D eigenvalue weighted by atomic mass is 19.4. The van der Waals surface area contributed by atoms with Crippen LogP contribution in [0.15, 0.2) is 74.5 Å². The molecule has 9 heteroatoms. The van der Waals surface area contributed by atoms with Gasteiger partial charge in [-0.15, -0.1) is 0 Å². The van der Waals surface area contributed by atoms with E-state index in [9.17, 15) is 18.4 Å². The van der Waals surface area contributed by atoms with Crippen molar-refractivity contribution in [3.8, 4) is 6.07 Å². The summed E-state index contributed by atoms with van der Waals surface area (Å²) in [5.74, 6) is 1.02. The largest absolute Gasteiger partial charge is 0.394 e. The molecule has 0 aromatic rings. The lowest BCUT2D eigenvalue weighted by molar-refractivity contribution is -0.127. The first-order valence-electron chi connectivity index (χ1n) is 20.9. The number of hydrazone groups is 1. The monoisotopic (exact) mass is 769 g/mol. The van der Waals surface area contributed by atoms with Crippen molar-refractivity contribution in [2.45, 2.75) is 170 Å². The van der Waals surface area contributed by atoms with Crippen molar-refractivity contribution < 1.29 is 13.2 Å². The minimum atomic E-state index is -4.25. The van der Waals surface area contributed by atoms with Crippen molar-refractivity contribution >= 4 is 18.3 Å². The Morgan fingerprint density at radius 2 is 1.71 bits per heavy atom. The average Bonchev–Trinajstić information content (AvgIpc) is 3.11. The molecule has 0 N–H and O–H groups in total. The van der Waals surface area contributed by atoms with E-state index < -0.39 is 18.1 Å². The summed E-state index contributed by atoms with van der Waals surface area (Å²) in [7, 11) is 1.99. The Labute approximate surface area is 334 Å². The quantitative estimate of drug-likeness (QED) is 0.0323. The fraction of sp³-hybridized carbons (Fsp3) is 0.696. The number of nitriles is 1. The van der Waals surface area contributed by atoms with E-state index in [-0.39, 0.29) is 29.0 Å². The Morgan fingerprint density at radius 1 is 1.02 bits per heavy atom. The molecule has 55 heavy (non-hydrogen) atoms. The summed E-state index contributed by atoms with van der Waals surface area (Å²) in [4.78, 5) is 12.2. The van der Waals surface area contributed by atoms with E-state index >= 15 is 0 Å². The molecule has 0 fully saturated rings. The van der Waals surface area contributed by atoms with Crippen molar-refractivity contribution in [1.82, 2.24) is 9.91 Å². The lowest BCUT2D eigenvalue weighted by atomic mass is 9.76.